The molecule has 176 valence electrons. The van der Waals surface area contributed by atoms with Crippen molar-refractivity contribution in [1.82, 2.24) is 10.2 Å². The Balaban J connectivity index is 1.64. The average Bonchev–Trinajstić information content (AvgIpc) is 3.30. The molecule has 0 heterocycles. The van der Waals surface area contributed by atoms with E-state index in [-0.39, 0.29) is 29.3 Å². The Morgan fingerprint density at radius 1 is 1.18 bits per heavy atom. The van der Waals surface area contributed by atoms with E-state index < -0.39 is 11.0 Å². The zero-order valence-electron chi connectivity index (χ0n) is 18.5. The molecule has 1 fully saturated rings. The summed E-state index contributed by atoms with van der Waals surface area (Å²) in [6, 6.07) is 13.7. The van der Waals surface area contributed by atoms with Crippen LogP contribution in [0.5, 0.6) is 0 Å². The number of rotatable bonds is 10. The van der Waals surface area contributed by atoms with Crippen molar-refractivity contribution in [3.63, 3.8) is 0 Å². The number of carbonyl (C=O) groups is 2. The van der Waals surface area contributed by atoms with E-state index in [1.54, 1.807) is 24.0 Å². The minimum absolute atomic E-state index is 0.0436. The Labute approximate surface area is 206 Å². The van der Waals surface area contributed by atoms with Gasteiger partial charge in [-0.3, -0.25) is 19.7 Å². The first kappa shape index (κ1) is 25.2. The molecule has 0 aromatic heterocycles. The molecule has 1 aliphatic carbocycles. The number of thioether (sulfide) groups is 1. The van der Waals surface area contributed by atoms with Crippen molar-refractivity contribution in [1.29, 1.82) is 0 Å². The summed E-state index contributed by atoms with van der Waals surface area (Å²) in [5.74, 6) is 0.532. The van der Waals surface area contributed by atoms with Gasteiger partial charge in [-0.25, -0.2) is 0 Å². The van der Waals surface area contributed by atoms with Gasteiger partial charge in [0.1, 0.15) is 6.04 Å². The standard InChI is InChI=1S/C24H28BrN3O4S/c1-17(24(30)26-21-7-2-3-8-21)27(14-19-5-4-6-20(25)13-19)23(29)16-33-15-18-9-11-22(12-10-18)28(31)32/h4-6,9-13,17,21H,2-3,7-8,14-16H2,1H3,(H,26,30)/t17-/m0/s1. The largest absolute Gasteiger partial charge is 0.352 e. The summed E-state index contributed by atoms with van der Waals surface area (Å²) in [7, 11) is 0. The van der Waals surface area contributed by atoms with E-state index in [1.165, 1.54) is 23.9 Å². The number of amides is 2. The van der Waals surface area contributed by atoms with E-state index in [9.17, 15) is 19.7 Å². The Hall–Kier alpha value is -2.39. The number of carbonyl (C=O) groups excluding carboxylic acids is 2. The number of benzene rings is 2. The lowest BCUT2D eigenvalue weighted by atomic mass is 10.1. The number of nitrogens with zero attached hydrogens (tertiary/aromatic N) is 2. The number of hydrogen-bond acceptors (Lipinski definition) is 5. The van der Waals surface area contributed by atoms with Crippen molar-refractivity contribution < 1.29 is 14.5 Å². The van der Waals surface area contributed by atoms with Gasteiger partial charge in [0.25, 0.3) is 5.69 Å². The molecular weight excluding hydrogens is 506 g/mol. The highest BCUT2D eigenvalue weighted by atomic mass is 79.9. The van der Waals surface area contributed by atoms with Crippen LogP contribution < -0.4 is 5.32 Å². The maximum atomic E-state index is 13.2. The fourth-order valence-corrected chi connectivity index (χ4v) is 5.18. The Kier molecular flexibility index (Phi) is 9.31. The van der Waals surface area contributed by atoms with Crippen LogP contribution in [0.15, 0.2) is 53.0 Å². The second kappa shape index (κ2) is 12.2. The lowest BCUT2D eigenvalue weighted by Gasteiger charge is -2.29. The molecule has 0 saturated heterocycles. The van der Waals surface area contributed by atoms with Crippen molar-refractivity contribution in [2.75, 3.05) is 5.75 Å². The van der Waals surface area contributed by atoms with E-state index in [0.29, 0.717) is 12.3 Å². The van der Waals surface area contributed by atoms with Crippen LogP contribution in [-0.2, 0) is 21.9 Å². The molecule has 2 amide bonds. The van der Waals surface area contributed by atoms with Crippen molar-refractivity contribution in [3.8, 4) is 0 Å². The van der Waals surface area contributed by atoms with E-state index in [4.69, 9.17) is 0 Å². The summed E-state index contributed by atoms with van der Waals surface area (Å²) >= 11 is 4.90. The van der Waals surface area contributed by atoms with Crippen molar-refractivity contribution >= 4 is 45.2 Å². The van der Waals surface area contributed by atoms with Gasteiger partial charge >= 0.3 is 0 Å². The molecule has 1 saturated carbocycles. The van der Waals surface area contributed by atoms with Crippen LogP contribution in [-0.4, -0.2) is 39.5 Å². The highest BCUT2D eigenvalue weighted by Crippen LogP contribution is 2.21. The van der Waals surface area contributed by atoms with E-state index >= 15 is 0 Å². The van der Waals surface area contributed by atoms with Gasteiger partial charge in [-0.1, -0.05) is 53.0 Å². The summed E-state index contributed by atoms with van der Waals surface area (Å²) in [6.45, 7) is 2.12. The lowest BCUT2D eigenvalue weighted by Crippen LogP contribution is -2.50. The van der Waals surface area contributed by atoms with Gasteiger partial charge in [0.15, 0.2) is 0 Å². The average molecular weight is 534 g/mol. The molecule has 0 spiro atoms. The van der Waals surface area contributed by atoms with Crippen molar-refractivity contribution in [2.24, 2.45) is 0 Å². The minimum atomic E-state index is -0.586. The lowest BCUT2D eigenvalue weighted by molar-refractivity contribution is -0.384. The molecule has 9 heteroatoms. The third kappa shape index (κ3) is 7.57. The smallest absolute Gasteiger partial charge is 0.269 e. The first-order valence-corrected chi connectivity index (χ1v) is 12.9. The number of non-ortho nitro benzene ring substituents is 1. The van der Waals surface area contributed by atoms with Gasteiger partial charge in [0, 0.05) is 34.9 Å². The molecule has 1 N–H and O–H groups in total. The van der Waals surface area contributed by atoms with Gasteiger partial charge in [-0.05, 0) is 43.0 Å². The summed E-state index contributed by atoms with van der Waals surface area (Å²) in [6.07, 6.45) is 4.23. The van der Waals surface area contributed by atoms with Crippen LogP contribution in [0.2, 0.25) is 0 Å². The first-order valence-electron chi connectivity index (χ1n) is 11.0. The molecule has 2 aromatic carbocycles. The highest BCUT2D eigenvalue weighted by molar-refractivity contribution is 9.10. The number of nitro groups is 1. The summed E-state index contributed by atoms with van der Waals surface area (Å²) in [4.78, 5) is 38.1. The minimum Gasteiger partial charge on any atom is -0.352 e. The van der Waals surface area contributed by atoms with Gasteiger partial charge in [0.2, 0.25) is 11.8 Å². The fraction of sp³-hybridized carbons (Fsp3) is 0.417. The molecular formula is C24H28BrN3O4S. The van der Waals surface area contributed by atoms with E-state index in [1.807, 2.05) is 24.3 Å². The molecule has 0 aliphatic heterocycles. The maximum Gasteiger partial charge on any atom is 0.269 e. The van der Waals surface area contributed by atoms with Gasteiger partial charge in [0.05, 0.1) is 10.7 Å². The third-order valence-electron chi connectivity index (χ3n) is 5.75. The molecule has 1 atom stereocenters. The Morgan fingerprint density at radius 3 is 2.52 bits per heavy atom. The number of nitrogens with one attached hydrogen (secondary N) is 1. The third-order valence-corrected chi connectivity index (χ3v) is 7.23. The van der Waals surface area contributed by atoms with Crippen molar-refractivity contribution in [2.45, 2.75) is 57.0 Å². The van der Waals surface area contributed by atoms with E-state index in [2.05, 4.69) is 21.2 Å². The first-order chi connectivity index (χ1) is 15.8. The predicted octanol–water partition coefficient (Wildman–Crippen LogP) is 5.07. The van der Waals surface area contributed by atoms with E-state index in [0.717, 1.165) is 41.3 Å². The van der Waals surface area contributed by atoms with Crippen LogP contribution in [0.4, 0.5) is 5.69 Å². The highest BCUT2D eigenvalue weighted by Gasteiger charge is 2.28. The van der Waals surface area contributed by atoms with Crippen LogP contribution in [0.3, 0.4) is 0 Å². The van der Waals surface area contributed by atoms with Crippen molar-refractivity contribution in [3.05, 3.63) is 74.2 Å². The van der Waals surface area contributed by atoms with Crippen LogP contribution in [0, 0.1) is 10.1 Å². The monoisotopic (exact) mass is 533 g/mol. The SMILES string of the molecule is C[C@@H](C(=O)NC1CCCC1)N(Cc1cccc(Br)c1)C(=O)CSCc1ccc([N+](=O)[O-])cc1. The normalized spacial score (nSPS) is 14.6. The Bertz CT molecular complexity index is 980. The quantitative estimate of drug-likeness (QED) is 0.340. The maximum absolute atomic E-state index is 13.2. The number of halogens is 1. The molecule has 1 aliphatic rings. The molecule has 2 aromatic rings. The molecule has 0 bridgehead atoms. The summed E-state index contributed by atoms with van der Waals surface area (Å²) in [5, 5.41) is 13.9. The Morgan fingerprint density at radius 2 is 1.88 bits per heavy atom. The fourth-order valence-electron chi connectivity index (χ4n) is 3.86. The second-order valence-corrected chi connectivity index (χ2v) is 10.1. The zero-order valence-corrected chi connectivity index (χ0v) is 20.9. The van der Waals surface area contributed by atoms with Crippen LogP contribution in [0.25, 0.3) is 0 Å². The molecule has 0 unspecified atom stereocenters. The summed E-state index contributed by atoms with van der Waals surface area (Å²) in [5.41, 5.74) is 1.89. The molecule has 7 nitrogen and oxygen atoms in total. The second-order valence-electron chi connectivity index (χ2n) is 8.23. The summed E-state index contributed by atoms with van der Waals surface area (Å²) < 4.78 is 0.919. The molecule has 33 heavy (non-hydrogen) atoms. The topological polar surface area (TPSA) is 92.6 Å². The molecule has 0 radical (unpaired) electrons. The molecule has 3 rings (SSSR count). The predicted molar refractivity (Wildman–Crippen MR) is 134 cm³/mol. The zero-order chi connectivity index (χ0) is 23.8. The number of hydrogen-bond donors (Lipinski definition) is 1. The number of nitro benzene ring substituents is 1. The van der Waals surface area contributed by atoms with Gasteiger partial charge < -0.3 is 10.2 Å². The van der Waals surface area contributed by atoms with Crippen LogP contribution in [0.1, 0.15) is 43.7 Å². The van der Waals surface area contributed by atoms with Gasteiger partial charge in [-0.15, -0.1) is 11.8 Å². The van der Waals surface area contributed by atoms with Crippen LogP contribution >= 0.6 is 27.7 Å². The van der Waals surface area contributed by atoms with Gasteiger partial charge in [-0.2, -0.15) is 0 Å².